The number of fused-ring (bicyclic) bond motifs is 4. The van der Waals surface area contributed by atoms with Crippen LogP contribution in [0, 0.1) is 0 Å². The second kappa shape index (κ2) is 54.6. The zero-order valence-electron chi connectivity index (χ0n) is 130. The van der Waals surface area contributed by atoms with E-state index in [4.69, 9.17) is 223 Å². The predicted molar refractivity (Wildman–Crippen MR) is 463 cm³/mol. The van der Waals surface area contributed by atoms with Gasteiger partial charge in [0.25, 0.3) is 11.1 Å². The van der Waals surface area contributed by atoms with Crippen molar-refractivity contribution in [2.24, 2.45) is 5.73 Å². The third-order valence-corrected chi connectivity index (χ3v) is 14.5. The molecule has 8 aromatic heterocycles. The number of alkyl halides is 3. The molecular formula is C73H101BrCl9N23O11. The number of benzene rings is 2. The number of nitrogens with two attached hydrogens (primary N) is 1. The summed E-state index contributed by atoms with van der Waals surface area (Å²) in [6.07, 6.45) is -2.34. The van der Waals surface area contributed by atoms with E-state index in [9.17, 15) is 9.59 Å². The highest BCUT2D eigenvalue weighted by Crippen LogP contribution is 2.26. The van der Waals surface area contributed by atoms with Gasteiger partial charge in [0.2, 0.25) is 33.6 Å². The molecule has 6 aliphatic rings. The van der Waals surface area contributed by atoms with Crippen molar-refractivity contribution in [2.45, 2.75) is 51.7 Å². The van der Waals surface area contributed by atoms with Crippen LogP contribution in [0.4, 0.5) is 5.95 Å². The highest BCUT2D eigenvalue weighted by atomic mass is 79.9. The van der Waals surface area contributed by atoms with Crippen LogP contribution in [0.1, 0.15) is 129 Å². The van der Waals surface area contributed by atoms with Crippen molar-refractivity contribution in [1.29, 1.82) is 0 Å². The molecule has 0 unspecified atom stereocenters. The average molecular weight is 1950 g/mol. The van der Waals surface area contributed by atoms with Crippen molar-refractivity contribution in [3.63, 3.8) is 0 Å². The van der Waals surface area contributed by atoms with Gasteiger partial charge in [0.05, 0.1) is 176 Å². The Kier molecular flexibility index (Phi) is 17.4. The van der Waals surface area contributed by atoms with E-state index in [1.807, 2.05) is 11.1 Å². The fraction of sp³-hybridized carbons (Fsp3) is 0.562. The number of nitrogens with one attached hydrogen (secondary N) is 4. The number of hydrogen-bond donors (Lipinski definition) is 6. The fourth-order valence-electron chi connectivity index (χ4n) is 7.46. The molecule has 0 amide bonds. The number of aryl methyl sites for hydroxylation is 3. The highest BCUT2D eigenvalue weighted by Gasteiger charge is 2.20. The van der Waals surface area contributed by atoms with Crippen molar-refractivity contribution >= 4 is 171 Å². The summed E-state index contributed by atoms with van der Waals surface area (Å²) in [5.41, 5.74) is 3.61. The number of H-pyrrole nitrogens is 3. The van der Waals surface area contributed by atoms with Crippen LogP contribution in [-0.2, 0) is 61.0 Å². The summed E-state index contributed by atoms with van der Waals surface area (Å²) in [6, 6.07) is 10.2. The molecule has 0 aliphatic carbocycles. The minimum Gasteiger partial charge on any atom is -0.479 e. The van der Waals surface area contributed by atoms with Crippen molar-refractivity contribution in [2.75, 3.05) is 219 Å². The van der Waals surface area contributed by atoms with Crippen LogP contribution in [-0.4, -0.2) is 322 Å². The Morgan fingerprint density at radius 2 is 0.897 bits per heavy atom. The summed E-state index contributed by atoms with van der Waals surface area (Å²) in [5.74, 6) is -6.69. The predicted octanol–water partition coefficient (Wildman–Crippen LogP) is 9.44. The molecular weight excluding hydrogens is 1770 g/mol. The summed E-state index contributed by atoms with van der Waals surface area (Å²) in [6.45, 7) is -109. The number of anilines is 1. The van der Waals surface area contributed by atoms with Gasteiger partial charge in [-0.2, -0.15) is 29.9 Å². The first-order valence-corrected chi connectivity index (χ1v) is 34.4. The topological polar surface area (TPSA) is 374 Å². The van der Waals surface area contributed by atoms with Gasteiger partial charge in [-0.15, -0.1) is 23.2 Å². The van der Waals surface area contributed by atoms with Gasteiger partial charge in [-0.05, 0) is 89.4 Å². The van der Waals surface area contributed by atoms with E-state index >= 15 is 0 Å². The van der Waals surface area contributed by atoms with Gasteiger partial charge in [0.1, 0.15) is 5.52 Å². The number of morpholine rings is 5. The first-order valence-electron chi connectivity index (χ1n) is 66.2. The molecule has 0 spiro atoms. The number of aliphatic hydroxyl groups is 1. The summed E-state index contributed by atoms with van der Waals surface area (Å²) < 4.78 is 589. The van der Waals surface area contributed by atoms with Crippen LogP contribution in [0.2, 0.25) is 35.9 Å². The molecule has 6 fully saturated rings. The fourth-order valence-corrected chi connectivity index (χ4v) is 8.75. The quantitative estimate of drug-likeness (QED) is 0.0305. The molecule has 10 aromatic rings. The van der Waals surface area contributed by atoms with Crippen molar-refractivity contribution in [3.8, 4) is 11.8 Å². The number of nitrogens with zero attached hydrogens (tertiary/aromatic N) is 18. The molecule has 0 atom stereocenters. The Bertz CT molecular complexity index is 7970. The maximum Gasteiger partial charge on any atom is 0.278 e. The van der Waals surface area contributed by atoms with Gasteiger partial charge in [-0.3, -0.25) is 44.1 Å². The van der Waals surface area contributed by atoms with Crippen molar-refractivity contribution in [1.82, 2.24) is 103 Å². The van der Waals surface area contributed by atoms with Gasteiger partial charge in [0, 0.05) is 215 Å². The molecule has 16 rings (SSSR count). The molecule has 14 heterocycles. The van der Waals surface area contributed by atoms with Gasteiger partial charge >= 0.3 is 0 Å². The third-order valence-electron chi connectivity index (χ3n) is 12.1. The maximum atomic E-state index is 13.0. The van der Waals surface area contributed by atoms with Crippen LogP contribution >= 0.6 is 120 Å². The van der Waals surface area contributed by atoms with Crippen molar-refractivity contribution < 1.29 is 142 Å². The van der Waals surface area contributed by atoms with Crippen LogP contribution < -0.4 is 31.6 Å². The first kappa shape index (κ1) is 37.3. The summed E-state index contributed by atoms with van der Waals surface area (Å²) in [4.78, 5) is 68.0. The molecule has 0 radical (unpaired) electrons. The highest BCUT2D eigenvalue weighted by molar-refractivity contribution is 9.09. The molecule has 7 N–H and O–H groups in total. The van der Waals surface area contributed by atoms with Crippen LogP contribution in [0.25, 0.3) is 44.7 Å². The van der Waals surface area contributed by atoms with E-state index in [1.54, 1.807) is 30.3 Å². The van der Waals surface area contributed by atoms with E-state index in [1.165, 1.54) is 13.4 Å². The first-order chi connectivity index (χ1) is 83.4. The minimum absolute atomic E-state index is 0.0976. The summed E-state index contributed by atoms with van der Waals surface area (Å²) in [5, 5.41) is 9.91. The number of methoxy groups -OCH3 is 2. The molecule has 6 saturated heterocycles. The van der Waals surface area contributed by atoms with Crippen LogP contribution in [0.15, 0.2) is 71.3 Å². The Labute approximate surface area is 832 Å². The zero-order valence-corrected chi connectivity index (χ0v) is 66.2. The second-order valence-electron chi connectivity index (χ2n) is 19.2. The lowest BCUT2D eigenvalue weighted by Crippen LogP contribution is -2.38. The lowest BCUT2D eigenvalue weighted by Gasteiger charge is -2.26. The molecule has 644 valence electrons. The number of aromatic nitrogens is 16. The average Bonchev–Trinajstić information content (AvgIpc) is 1.61. The Morgan fingerprint density at radius 3 is 1.32 bits per heavy atom. The van der Waals surface area contributed by atoms with Crippen LogP contribution in [0.5, 0.6) is 11.8 Å². The zero-order chi connectivity index (χ0) is 148. The number of rotatable bonds is 20. The summed E-state index contributed by atoms with van der Waals surface area (Å²) >= 11 is 52.9. The number of ether oxygens (including phenoxy) is 8. The molecule has 0 bridgehead atoms. The summed E-state index contributed by atoms with van der Waals surface area (Å²) in [7, 11) is 2.67. The molecule has 34 nitrogen and oxygen atoms in total. The van der Waals surface area contributed by atoms with E-state index in [0.717, 1.165) is 19.0 Å². The van der Waals surface area contributed by atoms with E-state index < -0.39 is 296 Å². The molecule has 117 heavy (non-hydrogen) atoms. The van der Waals surface area contributed by atoms with Gasteiger partial charge < -0.3 is 72.7 Å². The molecule has 2 aromatic carbocycles. The lowest BCUT2D eigenvalue weighted by atomic mass is 10.2. The number of aromatic amines is 3. The van der Waals surface area contributed by atoms with E-state index in [0.29, 0.717) is 75.6 Å². The Balaban J connectivity index is 0.000000264. The van der Waals surface area contributed by atoms with E-state index in [-0.39, 0.29) is 45.8 Å². The Hall–Kier alpha value is -5.79. The maximum absolute atomic E-state index is 13.0. The number of imidazole rings is 4. The van der Waals surface area contributed by atoms with Gasteiger partial charge in [-0.25, -0.2) is 19.9 Å². The number of halogens is 10. The third kappa shape index (κ3) is 33.5. The molecule has 0 saturated carbocycles. The molecule has 6 aliphatic heterocycles. The largest absolute Gasteiger partial charge is 0.479 e. The van der Waals surface area contributed by atoms with Crippen LogP contribution in [0.3, 0.4) is 0 Å². The monoisotopic (exact) mass is 1940 g/mol. The number of hydrogen-bond acceptors (Lipinski definition) is 28. The Morgan fingerprint density at radius 1 is 0.504 bits per heavy atom. The van der Waals surface area contributed by atoms with Gasteiger partial charge in [0.15, 0.2) is 39.1 Å². The van der Waals surface area contributed by atoms with Gasteiger partial charge in [-0.1, -0.05) is 74.5 Å². The molecule has 44 heteroatoms. The lowest BCUT2D eigenvalue weighted by molar-refractivity contribution is 0.0364. The second-order valence-corrected chi connectivity index (χ2v) is 22.7. The van der Waals surface area contributed by atoms with Crippen molar-refractivity contribution in [3.05, 3.63) is 129 Å². The SMILES string of the molecule is COc1nc(Cl)nc2nc[nH]c12.NCc1ccc(Cl)c(Cl)c1.[2H]C([2H])(Cl)C([2H])([2H])N1C([2H])([2H])C([2H])([2H])OC([2H])([2H])C1([2H])[2H].[2H]C([2H])(Cl)C([2H])([2H])N1C([2H])([2H])C([2H])([2H])OC([2H])([2H])C1([2H])[2H].[2H]C([2H])(O)C([2H])([2H])Br.[2H]C1([2H])CC([2H])([2H])C([2H])([2H])OC1([2H])[2H].[2H]C1([2H])OC([2H])([2H])C([2H])([2H])N(C([2H])([2H])C([2H])([2H])n2cnc3nc(Cl)[nH]c(=O)c32)C1([2H])[2H].[2H]C1([2H])OC([2H])([2H])C([2H])([2H])N(C([2H])([2H])C([2H])([2H])n2cnc3nc(Cl)nc(OC)c32)C1([2H])[2H].[2H]C1([2H])OC([2H])([2H])C([2H])([2H])N(C([2H])([2H])C([2H])([2H])n2cnc3nc(NCc4ccc(Cl)c(Cl)c4)[nH]c(=O)c32)C1([2H])[2H]. The minimum atomic E-state index is -3.87. The van der Waals surface area contributed by atoms with E-state index in [2.05, 4.69) is 109 Å². The smallest absolute Gasteiger partial charge is 0.278 e. The standard InChI is InChI=1S/C18H20Cl2N6O2.C12H16ClN5O2.C11H14ClN5O2.C7H7Cl2N.C6H5ClN4O.2C6H12ClNO.C5H10O.C2H5BrO/c19-13-2-1-12(9-14(13)20)10-21-18-23-16-15(17(27)24-18)26(11-22-16)4-3-25-5-7-28-8-6-25;1-19-11-9-10(15-12(13)16-11)14-8-18(9)3-2-17-4-6-20-7-5-17;12-11-14-9-8(10(18)15-11)17(7-13-9)2-1-16-3-5-19-6-4-16;8-6-2-1-5(4-10)3-7(6)9;1-12-5-3-4(9-2-8-3)10-6(7)11-5;2*7-1-2-8-3-5-9-6-4-8;1-2-4-6-5-3-1;3-1-2-4/h1-2,9,11H,3-8,10H2,(H2,21,23,24,27);8H,2-7H2,1H3;7H,1-6H2,(H,14,15,18);1-3H,4,10H2;2H,1H3,(H,8,9,10,11);2*1-6H2;1-5H2;4H,1-2H2/i3D2,4D2,5D2,6D2,7D2,8D2;2D2,3D2,4D2,5D2,6D2,7D2;1D2,2D2,3D2,4D2,5D2,6D2;;;2*1D2,2D2,3D2,4D2,5D2,6D2;2D2,3D2,4D2,5D2;1D2,2D2. The normalized spacial score (nSPS) is 37.0.